The van der Waals surface area contributed by atoms with Crippen molar-refractivity contribution >= 4 is 17.6 Å². The van der Waals surface area contributed by atoms with E-state index < -0.39 is 28.9 Å². The van der Waals surface area contributed by atoms with Crippen LogP contribution in [0.15, 0.2) is 65.0 Å². The molecule has 0 aromatic heterocycles. The average molecular weight is 558 g/mol. The van der Waals surface area contributed by atoms with Gasteiger partial charge in [0.15, 0.2) is 0 Å². The lowest BCUT2D eigenvalue weighted by Gasteiger charge is -2.29. The molecule has 1 aliphatic rings. The molecule has 1 aliphatic heterocycles. The highest BCUT2D eigenvalue weighted by Crippen LogP contribution is 2.39. The lowest BCUT2D eigenvalue weighted by molar-refractivity contribution is -0.384. The van der Waals surface area contributed by atoms with E-state index in [1.54, 1.807) is 20.8 Å². The molecular weight excluding hydrogens is 525 g/mol. The Hall–Kier alpha value is -4.29. The molecule has 0 aliphatic carbocycles. The van der Waals surface area contributed by atoms with Gasteiger partial charge in [-0.1, -0.05) is 12.1 Å². The average Bonchev–Trinajstić information content (AvgIpc) is 2.89. The Balaban J connectivity index is 1.55. The topological polar surface area (TPSA) is 160 Å². The van der Waals surface area contributed by atoms with E-state index in [0.29, 0.717) is 35.7 Å². The minimum absolute atomic E-state index is 0.00672. The minimum atomic E-state index is -1.26. The van der Waals surface area contributed by atoms with E-state index in [1.165, 1.54) is 42.5 Å². The minimum Gasteiger partial charge on any atom is -0.491 e. The number of carboxylic acids is 1. The van der Waals surface area contributed by atoms with Crippen LogP contribution in [0.5, 0.6) is 5.75 Å². The van der Waals surface area contributed by atoms with Crippen molar-refractivity contribution in [2.45, 2.75) is 39.2 Å². The molecule has 4 N–H and O–H groups in total. The van der Waals surface area contributed by atoms with E-state index in [2.05, 4.69) is 10.6 Å². The number of carbonyl (C=O) groups is 2. The highest BCUT2D eigenvalue weighted by molar-refractivity contribution is 5.99. The first kappa shape index (κ1) is 30.3. The van der Waals surface area contributed by atoms with Crippen LogP contribution < -0.4 is 15.4 Å². The third-order valence-electron chi connectivity index (χ3n) is 6.30. The molecule has 0 saturated carbocycles. The summed E-state index contributed by atoms with van der Waals surface area (Å²) in [7, 11) is 0. The number of aliphatic carboxylic acids is 1. The number of carboxylic acid groups (broad SMARTS) is 1. The number of hydrogen-bond acceptors (Lipinski definition) is 9. The zero-order valence-electron chi connectivity index (χ0n) is 22.4. The third kappa shape index (κ3) is 7.64. The number of nitro benzene ring substituents is 1. The second kappa shape index (κ2) is 13.7. The van der Waals surface area contributed by atoms with Crippen molar-refractivity contribution in [3.8, 4) is 5.75 Å². The number of allylic oxidation sites excluding steroid dienone is 2. The van der Waals surface area contributed by atoms with E-state index in [-0.39, 0.29) is 48.0 Å². The van der Waals surface area contributed by atoms with E-state index in [9.17, 15) is 34.3 Å². The van der Waals surface area contributed by atoms with Gasteiger partial charge < -0.3 is 30.3 Å². The van der Waals surface area contributed by atoms with Crippen LogP contribution in [0.1, 0.15) is 37.3 Å². The molecule has 3 rings (SSSR count). The van der Waals surface area contributed by atoms with Crippen LogP contribution in [0, 0.1) is 22.9 Å². The molecule has 0 spiro atoms. The number of esters is 1. The molecule has 11 nitrogen and oxygen atoms in total. The third-order valence-corrected chi connectivity index (χ3v) is 6.30. The highest BCUT2D eigenvalue weighted by Gasteiger charge is 2.37. The Morgan fingerprint density at radius 2 is 1.88 bits per heavy atom. The molecule has 2 aromatic rings. The zero-order valence-corrected chi connectivity index (χ0v) is 22.4. The highest BCUT2D eigenvalue weighted by atomic mass is 19.1. The Morgan fingerprint density at radius 3 is 2.55 bits per heavy atom. The molecule has 40 heavy (non-hydrogen) atoms. The van der Waals surface area contributed by atoms with Gasteiger partial charge in [-0.15, -0.1) is 0 Å². The zero-order chi connectivity index (χ0) is 29.4. The van der Waals surface area contributed by atoms with E-state index in [4.69, 9.17) is 9.47 Å². The quantitative estimate of drug-likeness (QED) is 0.124. The molecule has 2 aromatic carbocycles. The summed E-state index contributed by atoms with van der Waals surface area (Å²) in [6.07, 6.45) is -0.425. The van der Waals surface area contributed by atoms with E-state index in [0.717, 1.165) is 0 Å². The molecule has 214 valence electrons. The van der Waals surface area contributed by atoms with Gasteiger partial charge in [0.25, 0.3) is 5.69 Å². The predicted octanol–water partition coefficient (Wildman–Crippen LogP) is 3.32. The lowest BCUT2D eigenvalue weighted by Crippen LogP contribution is -2.33. The van der Waals surface area contributed by atoms with Gasteiger partial charge in [-0.2, -0.15) is 0 Å². The van der Waals surface area contributed by atoms with Crippen molar-refractivity contribution in [1.82, 2.24) is 10.6 Å². The molecule has 12 heteroatoms. The van der Waals surface area contributed by atoms with Crippen molar-refractivity contribution in [2.75, 3.05) is 26.3 Å². The van der Waals surface area contributed by atoms with Crippen molar-refractivity contribution in [3.05, 3.63) is 92.1 Å². The maximum atomic E-state index is 13.2. The normalized spacial score (nSPS) is 15.9. The summed E-state index contributed by atoms with van der Waals surface area (Å²) in [5.74, 6) is -2.96. The first-order chi connectivity index (χ1) is 19.0. The Bertz CT molecular complexity index is 1340. The SMILES string of the molecule is CC1=C(C(=O)O)C(c2cccc([N+](=O)[O-])c2)C(C(=O)OCCCNCC(O)COc2ccc(F)cc2C)=C(C)N1. The Morgan fingerprint density at radius 1 is 1.15 bits per heavy atom. The standard InChI is InChI=1S/C28H32FN3O8/c1-16-12-20(29)8-9-23(16)40-15-22(33)14-30-10-5-11-39-28(36)25-18(3)31-17(2)24(27(34)35)26(25)19-6-4-7-21(13-19)32(37)38/h4,6-9,12-13,22,26,30-31,33H,5,10-11,14-15H2,1-3H3,(H,34,35). The fraction of sp³-hybridized carbons (Fsp3) is 0.357. The number of benzene rings is 2. The number of aryl methyl sites for hydroxylation is 1. The summed E-state index contributed by atoms with van der Waals surface area (Å²) in [6, 6.07) is 9.64. The van der Waals surface area contributed by atoms with Gasteiger partial charge in [0, 0.05) is 30.1 Å². The Labute approximate surface area is 230 Å². The number of dihydropyridines is 1. The van der Waals surface area contributed by atoms with Crippen LogP contribution in [0.3, 0.4) is 0 Å². The van der Waals surface area contributed by atoms with Crippen molar-refractivity contribution in [1.29, 1.82) is 0 Å². The summed E-state index contributed by atoms with van der Waals surface area (Å²) in [5, 5.41) is 37.3. The van der Waals surface area contributed by atoms with Crippen molar-refractivity contribution in [3.63, 3.8) is 0 Å². The molecule has 2 unspecified atom stereocenters. The molecular formula is C28H32FN3O8. The fourth-order valence-corrected chi connectivity index (χ4v) is 4.43. The number of rotatable bonds is 13. The lowest BCUT2D eigenvalue weighted by atomic mass is 9.80. The first-order valence-electron chi connectivity index (χ1n) is 12.6. The van der Waals surface area contributed by atoms with Crippen LogP contribution >= 0.6 is 0 Å². The van der Waals surface area contributed by atoms with Crippen LogP contribution in [-0.4, -0.2) is 59.5 Å². The summed E-state index contributed by atoms with van der Waals surface area (Å²) >= 11 is 0. The van der Waals surface area contributed by atoms with Gasteiger partial charge in [-0.25, -0.2) is 14.0 Å². The second-order valence-corrected chi connectivity index (χ2v) is 9.36. The summed E-state index contributed by atoms with van der Waals surface area (Å²) in [4.78, 5) is 36.0. The number of aliphatic hydroxyl groups is 1. The predicted molar refractivity (Wildman–Crippen MR) is 143 cm³/mol. The van der Waals surface area contributed by atoms with Crippen LogP contribution in [0.25, 0.3) is 0 Å². The van der Waals surface area contributed by atoms with Gasteiger partial charge in [0.05, 0.1) is 28.6 Å². The number of halogens is 1. The number of nitro groups is 1. The van der Waals surface area contributed by atoms with E-state index in [1.807, 2.05) is 0 Å². The first-order valence-corrected chi connectivity index (χ1v) is 12.6. The fourth-order valence-electron chi connectivity index (χ4n) is 4.43. The van der Waals surface area contributed by atoms with Gasteiger partial charge in [0.1, 0.15) is 24.3 Å². The molecule has 2 atom stereocenters. The molecule has 0 radical (unpaired) electrons. The van der Waals surface area contributed by atoms with Gasteiger partial charge >= 0.3 is 11.9 Å². The molecule has 0 saturated heterocycles. The number of aliphatic hydroxyl groups excluding tert-OH is 1. The number of hydrogen-bond donors (Lipinski definition) is 4. The maximum absolute atomic E-state index is 13.2. The van der Waals surface area contributed by atoms with E-state index >= 15 is 0 Å². The number of non-ortho nitro benzene ring substituents is 1. The Kier molecular flexibility index (Phi) is 10.3. The largest absolute Gasteiger partial charge is 0.491 e. The number of nitrogens with zero attached hydrogens (tertiary/aromatic N) is 1. The van der Waals surface area contributed by atoms with Crippen LogP contribution in [0.2, 0.25) is 0 Å². The molecule has 0 fully saturated rings. The maximum Gasteiger partial charge on any atom is 0.336 e. The van der Waals surface area contributed by atoms with Crippen LogP contribution in [0.4, 0.5) is 10.1 Å². The van der Waals surface area contributed by atoms with Gasteiger partial charge in [0.2, 0.25) is 0 Å². The van der Waals surface area contributed by atoms with Gasteiger partial charge in [-0.3, -0.25) is 10.1 Å². The smallest absolute Gasteiger partial charge is 0.336 e. The summed E-state index contributed by atoms with van der Waals surface area (Å²) in [6.45, 7) is 5.51. The second-order valence-electron chi connectivity index (χ2n) is 9.36. The number of carbonyl (C=O) groups excluding carboxylic acids is 1. The molecule has 1 heterocycles. The monoisotopic (exact) mass is 557 g/mol. The number of ether oxygens (including phenoxy) is 2. The summed E-state index contributed by atoms with van der Waals surface area (Å²) < 4.78 is 24.1. The van der Waals surface area contributed by atoms with Gasteiger partial charge in [-0.05, 0) is 63.1 Å². The molecule has 0 bridgehead atoms. The summed E-state index contributed by atoms with van der Waals surface area (Å²) in [5.41, 5.74) is 1.34. The number of nitrogens with one attached hydrogen (secondary N) is 2. The van der Waals surface area contributed by atoms with Crippen molar-refractivity contribution in [2.24, 2.45) is 0 Å². The van der Waals surface area contributed by atoms with Crippen molar-refractivity contribution < 1.29 is 38.6 Å². The van der Waals surface area contributed by atoms with Crippen LogP contribution in [-0.2, 0) is 14.3 Å². The molecule has 0 amide bonds.